The van der Waals surface area contributed by atoms with Gasteiger partial charge in [0, 0.05) is 17.3 Å². The first kappa shape index (κ1) is 18.4. The van der Waals surface area contributed by atoms with Crippen LogP contribution >= 0.6 is 0 Å². The average molecular weight is 366 g/mol. The molecule has 0 aliphatic carbocycles. The van der Waals surface area contributed by atoms with Crippen molar-refractivity contribution in [2.75, 3.05) is 5.32 Å². The molecular weight excluding hydrogens is 344 g/mol. The Bertz CT molecular complexity index is 876. The summed E-state index contributed by atoms with van der Waals surface area (Å²) in [6.07, 6.45) is -0.366. The highest BCUT2D eigenvalue weighted by Crippen LogP contribution is 2.23. The van der Waals surface area contributed by atoms with Gasteiger partial charge in [0.1, 0.15) is 5.75 Å². The summed E-state index contributed by atoms with van der Waals surface area (Å²) in [5, 5.41) is 9.55. The molecule has 0 saturated heterocycles. The molecule has 0 aliphatic heterocycles. The number of carbonyl (C=O) groups is 1. The van der Waals surface area contributed by atoms with Crippen LogP contribution in [0.2, 0.25) is 0 Å². The Labute approximate surface area is 157 Å². The third kappa shape index (κ3) is 5.07. The number of rotatable bonds is 6. The van der Waals surface area contributed by atoms with Gasteiger partial charge in [0.05, 0.1) is 0 Å². The zero-order valence-corrected chi connectivity index (χ0v) is 15.5. The molecule has 2 amide bonds. The zero-order chi connectivity index (χ0) is 19.2. The maximum Gasteiger partial charge on any atom is 0.319 e. The molecular formula is C20H22N4O3. The highest BCUT2D eigenvalue weighted by molar-refractivity contribution is 5.89. The summed E-state index contributed by atoms with van der Waals surface area (Å²) in [7, 11) is 0. The summed E-state index contributed by atoms with van der Waals surface area (Å²) in [6, 6.07) is 16.5. The molecule has 1 heterocycles. The van der Waals surface area contributed by atoms with Gasteiger partial charge in [-0.2, -0.15) is 4.98 Å². The van der Waals surface area contributed by atoms with Crippen molar-refractivity contribution in [3.05, 3.63) is 60.5 Å². The Morgan fingerprint density at radius 2 is 1.74 bits per heavy atom. The average Bonchev–Trinajstić information content (AvgIpc) is 3.13. The number of nitrogens with zero attached hydrogens (tertiary/aromatic N) is 2. The van der Waals surface area contributed by atoms with Crippen molar-refractivity contribution in [1.82, 2.24) is 15.5 Å². The van der Waals surface area contributed by atoms with Crippen molar-refractivity contribution in [3.8, 4) is 17.1 Å². The number of hydrogen-bond acceptors (Lipinski definition) is 5. The monoisotopic (exact) mass is 366 g/mol. The van der Waals surface area contributed by atoms with E-state index in [1.807, 2.05) is 63.2 Å². The minimum Gasteiger partial charge on any atom is -0.481 e. The van der Waals surface area contributed by atoms with E-state index < -0.39 is 0 Å². The van der Waals surface area contributed by atoms with Crippen LogP contribution in [0.4, 0.5) is 10.5 Å². The first-order valence-electron chi connectivity index (χ1n) is 8.74. The Kier molecular flexibility index (Phi) is 5.71. The third-order valence-corrected chi connectivity index (χ3v) is 3.67. The summed E-state index contributed by atoms with van der Waals surface area (Å²) >= 11 is 0. The van der Waals surface area contributed by atoms with Crippen LogP contribution in [0.1, 0.15) is 32.8 Å². The standard InChI is InChI=1S/C20H22N4O3/c1-13(2)21-20(25)22-16-11-9-15(10-12-16)18-23-19(27-24-18)14(3)26-17-7-5-4-6-8-17/h4-14H,1-3H3,(H2,21,22,25)/t14-/m1/s1. The fraction of sp³-hybridized carbons (Fsp3) is 0.250. The SMILES string of the molecule is CC(C)NC(=O)Nc1ccc(-c2noc([C@@H](C)Oc3ccccc3)n2)cc1. The molecule has 1 aromatic heterocycles. The van der Waals surface area contributed by atoms with E-state index >= 15 is 0 Å². The van der Waals surface area contributed by atoms with Crippen molar-refractivity contribution in [2.24, 2.45) is 0 Å². The van der Waals surface area contributed by atoms with Crippen LogP contribution in [0.5, 0.6) is 5.75 Å². The van der Waals surface area contributed by atoms with Crippen LogP contribution in [0.15, 0.2) is 59.1 Å². The normalized spacial score (nSPS) is 11.9. The number of hydrogen-bond donors (Lipinski definition) is 2. The molecule has 0 spiro atoms. The lowest BCUT2D eigenvalue weighted by molar-refractivity contribution is 0.176. The summed E-state index contributed by atoms with van der Waals surface area (Å²) in [5.41, 5.74) is 1.47. The topological polar surface area (TPSA) is 89.3 Å². The highest BCUT2D eigenvalue weighted by Gasteiger charge is 2.17. The largest absolute Gasteiger partial charge is 0.481 e. The quantitative estimate of drug-likeness (QED) is 0.675. The number of nitrogens with one attached hydrogen (secondary N) is 2. The van der Waals surface area contributed by atoms with Gasteiger partial charge >= 0.3 is 6.03 Å². The van der Waals surface area contributed by atoms with Crippen LogP contribution in [-0.2, 0) is 0 Å². The second kappa shape index (κ2) is 8.35. The zero-order valence-electron chi connectivity index (χ0n) is 15.5. The summed E-state index contributed by atoms with van der Waals surface area (Å²) in [5.74, 6) is 1.60. The fourth-order valence-electron chi connectivity index (χ4n) is 2.40. The van der Waals surface area contributed by atoms with Gasteiger partial charge in [-0.15, -0.1) is 0 Å². The van der Waals surface area contributed by atoms with Crippen molar-refractivity contribution >= 4 is 11.7 Å². The lowest BCUT2D eigenvalue weighted by Crippen LogP contribution is -2.34. The maximum absolute atomic E-state index is 11.7. The molecule has 0 fully saturated rings. The number of amides is 2. The minimum atomic E-state index is -0.366. The van der Waals surface area contributed by atoms with Gasteiger partial charge in [-0.05, 0) is 57.2 Å². The van der Waals surface area contributed by atoms with Gasteiger partial charge in [-0.25, -0.2) is 4.79 Å². The van der Waals surface area contributed by atoms with Crippen LogP contribution < -0.4 is 15.4 Å². The summed E-state index contributed by atoms with van der Waals surface area (Å²) in [6.45, 7) is 5.66. The molecule has 1 atom stereocenters. The molecule has 2 aromatic carbocycles. The predicted octanol–water partition coefficient (Wildman–Crippen LogP) is 4.41. The number of carbonyl (C=O) groups excluding carboxylic acids is 1. The molecule has 3 aromatic rings. The number of aromatic nitrogens is 2. The smallest absolute Gasteiger partial charge is 0.319 e. The molecule has 0 bridgehead atoms. The van der Waals surface area contributed by atoms with Crippen LogP contribution in [0.3, 0.4) is 0 Å². The van der Waals surface area contributed by atoms with Crippen molar-refractivity contribution in [1.29, 1.82) is 0 Å². The van der Waals surface area contributed by atoms with E-state index in [0.29, 0.717) is 17.4 Å². The third-order valence-electron chi connectivity index (χ3n) is 3.67. The van der Waals surface area contributed by atoms with Crippen LogP contribution in [0.25, 0.3) is 11.4 Å². The van der Waals surface area contributed by atoms with Crippen LogP contribution in [-0.4, -0.2) is 22.2 Å². The van der Waals surface area contributed by atoms with E-state index in [1.54, 1.807) is 12.1 Å². The second-order valence-corrected chi connectivity index (χ2v) is 6.36. The fourth-order valence-corrected chi connectivity index (χ4v) is 2.40. The van der Waals surface area contributed by atoms with Crippen LogP contribution in [0, 0.1) is 0 Å². The van der Waals surface area contributed by atoms with Gasteiger partial charge in [-0.1, -0.05) is 23.4 Å². The Morgan fingerprint density at radius 3 is 2.41 bits per heavy atom. The molecule has 140 valence electrons. The molecule has 0 unspecified atom stereocenters. The van der Waals surface area contributed by atoms with E-state index in [-0.39, 0.29) is 18.2 Å². The lowest BCUT2D eigenvalue weighted by atomic mass is 10.2. The van der Waals surface area contributed by atoms with E-state index in [0.717, 1.165) is 11.3 Å². The van der Waals surface area contributed by atoms with Gasteiger partial charge < -0.3 is 19.9 Å². The molecule has 0 aliphatic rings. The van der Waals surface area contributed by atoms with E-state index in [1.165, 1.54) is 0 Å². The maximum atomic E-state index is 11.7. The predicted molar refractivity (Wildman–Crippen MR) is 103 cm³/mol. The van der Waals surface area contributed by atoms with Gasteiger partial charge in [0.2, 0.25) is 5.82 Å². The van der Waals surface area contributed by atoms with Gasteiger partial charge in [-0.3, -0.25) is 0 Å². The summed E-state index contributed by atoms with van der Waals surface area (Å²) < 4.78 is 11.1. The summed E-state index contributed by atoms with van der Waals surface area (Å²) in [4.78, 5) is 16.1. The van der Waals surface area contributed by atoms with Crippen molar-refractivity contribution in [2.45, 2.75) is 32.9 Å². The first-order chi connectivity index (χ1) is 13.0. The molecule has 7 heteroatoms. The molecule has 3 rings (SSSR count). The van der Waals surface area contributed by atoms with Crippen molar-refractivity contribution in [3.63, 3.8) is 0 Å². The molecule has 0 saturated carbocycles. The number of ether oxygens (including phenoxy) is 1. The number of anilines is 1. The number of benzene rings is 2. The molecule has 2 N–H and O–H groups in total. The molecule has 7 nitrogen and oxygen atoms in total. The second-order valence-electron chi connectivity index (χ2n) is 6.36. The highest BCUT2D eigenvalue weighted by atomic mass is 16.5. The van der Waals surface area contributed by atoms with Gasteiger partial charge in [0.25, 0.3) is 5.89 Å². The first-order valence-corrected chi connectivity index (χ1v) is 8.74. The molecule has 0 radical (unpaired) electrons. The minimum absolute atomic E-state index is 0.0714. The Hall–Kier alpha value is -3.35. The van der Waals surface area contributed by atoms with E-state index in [9.17, 15) is 4.79 Å². The molecule has 27 heavy (non-hydrogen) atoms. The van der Waals surface area contributed by atoms with E-state index in [2.05, 4.69) is 20.8 Å². The number of urea groups is 1. The Morgan fingerprint density at radius 1 is 1.04 bits per heavy atom. The number of para-hydroxylation sites is 1. The lowest BCUT2D eigenvalue weighted by Gasteiger charge is -2.10. The van der Waals surface area contributed by atoms with Crippen molar-refractivity contribution < 1.29 is 14.1 Å². The van der Waals surface area contributed by atoms with E-state index in [4.69, 9.17) is 9.26 Å². The van der Waals surface area contributed by atoms with Gasteiger partial charge in [0.15, 0.2) is 6.10 Å². The Balaban J connectivity index is 1.64.